The zero-order valence-electron chi connectivity index (χ0n) is 12.2. The molecule has 0 fully saturated rings. The molecule has 1 aromatic carbocycles. The lowest BCUT2D eigenvalue weighted by molar-refractivity contribution is 0.461. The van der Waals surface area contributed by atoms with E-state index in [1.807, 2.05) is 32.0 Å². The summed E-state index contributed by atoms with van der Waals surface area (Å²) in [7, 11) is -1.99. The highest BCUT2D eigenvalue weighted by Crippen LogP contribution is 2.26. The highest BCUT2D eigenvalue weighted by molar-refractivity contribution is 9.10. The molecule has 0 amide bonds. The molecule has 4 nitrogen and oxygen atoms in total. The highest BCUT2D eigenvalue weighted by Gasteiger charge is 2.23. The van der Waals surface area contributed by atoms with E-state index in [0.29, 0.717) is 4.47 Å². The Balaban J connectivity index is 2.30. The largest absolute Gasteiger partial charge is 0.257 e. The third-order valence-corrected chi connectivity index (χ3v) is 5.89. The van der Waals surface area contributed by atoms with Crippen molar-refractivity contribution in [3.05, 3.63) is 57.8 Å². The Morgan fingerprint density at radius 1 is 1.19 bits per heavy atom. The molecule has 0 bridgehead atoms. The summed E-state index contributed by atoms with van der Waals surface area (Å²) in [6, 6.07) is 10.8. The maximum atomic E-state index is 12.6. The van der Waals surface area contributed by atoms with E-state index in [9.17, 15) is 8.42 Å². The molecule has 1 aromatic heterocycles. The summed E-state index contributed by atoms with van der Waals surface area (Å²) in [4.78, 5) is 4.61. The van der Waals surface area contributed by atoms with Crippen molar-refractivity contribution in [2.24, 2.45) is 0 Å². The predicted octanol–water partition coefficient (Wildman–Crippen LogP) is 3.28. The molecule has 0 unspecified atom stereocenters. The minimum absolute atomic E-state index is 0.240. The van der Waals surface area contributed by atoms with Gasteiger partial charge in [0.1, 0.15) is 0 Å². The maximum absolute atomic E-state index is 12.6. The van der Waals surface area contributed by atoms with Crippen molar-refractivity contribution in [1.29, 1.82) is 0 Å². The van der Waals surface area contributed by atoms with Gasteiger partial charge in [-0.05, 0) is 59.6 Å². The Hall–Kier alpha value is -1.24. The van der Waals surface area contributed by atoms with Gasteiger partial charge in [-0.15, -0.1) is 0 Å². The second-order valence-electron chi connectivity index (χ2n) is 4.97. The highest BCUT2D eigenvalue weighted by atomic mass is 79.9. The third-order valence-electron chi connectivity index (χ3n) is 3.11. The number of aromatic nitrogens is 1. The summed E-state index contributed by atoms with van der Waals surface area (Å²) in [5, 5.41) is 0. The summed E-state index contributed by atoms with van der Waals surface area (Å²) in [6.07, 6.45) is 0. The van der Waals surface area contributed by atoms with Crippen LogP contribution in [-0.2, 0) is 16.6 Å². The van der Waals surface area contributed by atoms with Gasteiger partial charge < -0.3 is 0 Å². The van der Waals surface area contributed by atoms with Crippen molar-refractivity contribution in [2.75, 3.05) is 7.05 Å². The Labute approximate surface area is 134 Å². The number of halogens is 1. The van der Waals surface area contributed by atoms with E-state index >= 15 is 0 Å². The summed E-state index contributed by atoms with van der Waals surface area (Å²) in [6.45, 7) is 4.04. The Bertz CT molecular complexity index is 760. The molecule has 0 saturated carbocycles. The van der Waals surface area contributed by atoms with Crippen LogP contribution in [-0.4, -0.2) is 24.8 Å². The maximum Gasteiger partial charge on any atom is 0.244 e. The van der Waals surface area contributed by atoms with E-state index in [2.05, 4.69) is 20.9 Å². The summed E-state index contributed by atoms with van der Waals surface area (Å²) >= 11 is 3.33. The third kappa shape index (κ3) is 3.70. The van der Waals surface area contributed by atoms with Gasteiger partial charge in [0, 0.05) is 17.2 Å². The van der Waals surface area contributed by atoms with Crippen LogP contribution < -0.4 is 0 Å². The number of rotatable bonds is 4. The Morgan fingerprint density at radius 3 is 2.52 bits per heavy atom. The van der Waals surface area contributed by atoms with Crippen molar-refractivity contribution in [1.82, 2.24) is 9.29 Å². The first-order valence-electron chi connectivity index (χ1n) is 6.46. The number of nitrogens with zero attached hydrogens (tertiary/aromatic N) is 2. The monoisotopic (exact) mass is 368 g/mol. The fourth-order valence-electron chi connectivity index (χ4n) is 1.98. The van der Waals surface area contributed by atoms with Crippen molar-refractivity contribution in [2.45, 2.75) is 25.3 Å². The summed E-state index contributed by atoms with van der Waals surface area (Å²) in [5.74, 6) is 0. The number of hydrogen-bond donors (Lipinski definition) is 0. The lowest BCUT2D eigenvalue weighted by atomic mass is 10.2. The lowest BCUT2D eigenvalue weighted by Gasteiger charge is -2.18. The van der Waals surface area contributed by atoms with Crippen LogP contribution in [0.5, 0.6) is 0 Å². The van der Waals surface area contributed by atoms with Crippen LogP contribution >= 0.6 is 15.9 Å². The van der Waals surface area contributed by atoms with Crippen molar-refractivity contribution in [3.63, 3.8) is 0 Å². The molecule has 0 spiro atoms. The summed E-state index contributed by atoms with van der Waals surface area (Å²) < 4.78 is 27.1. The first-order chi connectivity index (χ1) is 9.80. The van der Waals surface area contributed by atoms with E-state index in [-0.39, 0.29) is 11.4 Å². The number of pyridine rings is 1. The number of sulfonamides is 1. The predicted molar refractivity (Wildman–Crippen MR) is 86.5 cm³/mol. The van der Waals surface area contributed by atoms with Gasteiger partial charge in [0.25, 0.3) is 0 Å². The standard InChI is InChI=1S/C15H17BrN2O2S/c1-11-7-8-15(14(16)9-11)21(19,20)18(3)10-13-6-4-5-12(2)17-13/h4-9H,10H2,1-3H3. The molecular weight excluding hydrogens is 352 g/mol. The Morgan fingerprint density at radius 2 is 1.90 bits per heavy atom. The molecule has 0 aliphatic carbocycles. The van der Waals surface area contributed by atoms with Crippen LogP contribution in [0.3, 0.4) is 0 Å². The van der Waals surface area contributed by atoms with E-state index in [1.165, 1.54) is 4.31 Å². The number of hydrogen-bond acceptors (Lipinski definition) is 3. The smallest absolute Gasteiger partial charge is 0.244 e. The molecule has 2 rings (SSSR count). The zero-order valence-corrected chi connectivity index (χ0v) is 14.6. The number of benzene rings is 1. The molecule has 0 saturated heterocycles. The van der Waals surface area contributed by atoms with E-state index < -0.39 is 10.0 Å². The molecule has 1 heterocycles. The van der Waals surface area contributed by atoms with Crippen molar-refractivity contribution >= 4 is 26.0 Å². The van der Waals surface area contributed by atoms with E-state index in [4.69, 9.17) is 0 Å². The molecule has 21 heavy (non-hydrogen) atoms. The minimum Gasteiger partial charge on any atom is -0.257 e. The average molecular weight is 369 g/mol. The molecule has 2 aromatic rings. The normalized spacial score (nSPS) is 11.9. The lowest BCUT2D eigenvalue weighted by Crippen LogP contribution is -2.27. The van der Waals surface area contributed by atoms with Gasteiger partial charge in [0.05, 0.1) is 17.1 Å². The van der Waals surface area contributed by atoms with Gasteiger partial charge in [-0.1, -0.05) is 12.1 Å². The van der Waals surface area contributed by atoms with E-state index in [1.54, 1.807) is 25.2 Å². The van der Waals surface area contributed by atoms with Crippen LogP contribution in [0.25, 0.3) is 0 Å². The Kier molecular flexibility index (Phi) is 4.81. The van der Waals surface area contributed by atoms with Gasteiger partial charge in [-0.2, -0.15) is 4.31 Å². The van der Waals surface area contributed by atoms with Gasteiger partial charge in [-0.3, -0.25) is 4.98 Å². The van der Waals surface area contributed by atoms with Crippen LogP contribution in [0, 0.1) is 13.8 Å². The van der Waals surface area contributed by atoms with Crippen LogP contribution in [0.1, 0.15) is 17.0 Å². The van der Waals surface area contributed by atoms with Crippen molar-refractivity contribution < 1.29 is 8.42 Å². The molecule has 0 radical (unpaired) electrons. The summed E-state index contributed by atoms with van der Waals surface area (Å²) in [5.41, 5.74) is 2.60. The second-order valence-corrected chi connectivity index (χ2v) is 7.83. The second kappa shape index (κ2) is 6.25. The fourth-order valence-corrected chi connectivity index (χ4v) is 4.27. The molecule has 0 atom stereocenters. The van der Waals surface area contributed by atoms with Gasteiger partial charge in [-0.25, -0.2) is 8.42 Å². The first kappa shape index (κ1) is 16.1. The average Bonchev–Trinajstić information content (AvgIpc) is 2.38. The van der Waals surface area contributed by atoms with Gasteiger partial charge in [0.2, 0.25) is 10.0 Å². The fraction of sp³-hybridized carbons (Fsp3) is 0.267. The van der Waals surface area contributed by atoms with Gasteiger partial charge >= 0.3 is 0 Å². The van der Waals surface area contributed by atoms with Gasteiger partial charge in [0.15, 0.2) is 0 Å². The minimum atomic E-state index is -3.55. The first-order valence-corrected chi connectivity index (χ1v) is 8.69. The molecule has 0 aliphatic rings. The SMILES string of the molecule is Cc1ccc(S(=O)(=O)N(C)Cc2cccc(C)n2)c(Br)c1. The zero-order chi connectivity index (χ0) is 15.6. The topological polar surface area (TPSA) is 50.3 Å². The quantitative estimate of drug-likeness (QED) is 0.831. The van der Waals surface area contributed by atoms with Crippen LogP contribution in [0.15, 0.2) is 45.8 Å². The molecule has 0 N–H and O–H groups in total. The number of aryl methyl sites for hydroxylation is 2. The van der Waals surface area contributed by atoms with Crippen molar-refractivity contribution in [3.8, 4) is 0 Å². The molecule has 112 valence electrons. The molecule has 6 heteroatoms. The molecular formula is C15H17BrN2O2S. The molecule has 0 aliphatic heterocycles. The van der Waals surface area contributed by atoms with Crippen LogP contribution in [0.4, 0.5) is 0 Å². The van der Waals surface area contributed by atoms with E-state index in [0.717, 1.165) is 17.0 Å². The van der Waals surface area contributed by atoms with Crippen LogP contribution in [0.2, 0.25) is 0 Å².